The van der Waals surface area contributed by atoms with Crippen LogP contribution in [0.2, 0.25) is 5.02 Å². The van der Waals surface area contributed by atoms with E-state index in [1.165, 1.54) is 6.07 Å². The third kappa shape index (κ3) is 2.73. The Labute approximate surface area is 103 Å². The molecule has 0 fully saturated rings. The van der Waals surface area contributed by atoms with Crippen LogP contribution in [0.15, 0.2) is 42.7 Å². The van der Waals surface area contributed by atoms with Gasteiger partial charge in [-0.15, -0.1) is 0 Å². The van der Waals surface area contributed by atoms with E-state index < -0.39 is 0 Å². The van der Waals surface area contributed by atoms with Gasteiger partial charge >= 0.3 is 0 Å². The molecule has 0 aliphatic heterocycles. The van der Waals surface area contributed by atoms with Gasteiger partial charge in [-0.1, -0.05) is 11.6 Å². The fraction of sp³-hybridized carbons (Fsp3) is 0. The minimum Gasteiger partial charge on any atom is -0.398 e. The molecular formula is C12H10ClN3O. The smallest absolute Gasteiger partial charge is 0.255 e. The van der Waals surface area contributed by atoms with Crippen molar-refractivity contribution in [2.45, 2.75) is 0 Å². The van der Waals surface area contributed by atoms with Crippen LogP contribution in [0.4, 0.5) is 11.4 Å². The largest absolute Gasteiger partial charge is 0.398 e. The summed E-state index contributed by atoms with van der Waals surface area (Å²) < 4.78 is 0. The average molecular weight is 248 g/mol. The molecule has 4 nitrogen and oxygen atoms in total. The number of carbonyl (C=O) groups is 1. The molecule has 86 valence electrons. The molecule has 0 aliphatic rings. The number of halogens is 1. The molecule has 0 spiro atoms. The molecule has 1 aromatic heterocycles. The van der Waals surface area contributed by atoms with Crippen LogP contribution in [0.1, 0.15) is 10.4 Å². The number of rotatable bonds is 2. The zero-order chi connectivity index (χ0) is 12.3. The predicted octanol–water partition coefficient (Wildman–Crippen LogP) is 2.57. The molecule has 2 aromatic rings. The lowest BCUT2D eigenvalue weighted by molar-refractivity contribution is 0.102. The Hall–Kier alpha value is -2.07. The van der Waals surface area contributed by atoms with Gasteiger partial charge in [0.1, 0.15) is 0 Å². The van der Waals surface area contributed by atoms with E-state index in [0.29, 0.717) is 22.0 Å². The third-order valence-electron chi connectivity index (χ3n) is 2.20. The van der Waals surface area contributed by atoms with Crippen molar-refractivity contribution in [1.29, 1.82) is 0 Å². The number of hydrogen-bond donors (Lipinski definition) is 2. The van der Waals surface area contributed by atoms with Crippen LogP contribution in [-0.2, 0) is 0 Å². The van der Waals surface area contributed by atoms with Crippen LogP contribution in [-0.4, -0.2) is 10.9 Å². The summed E-state index contributed by atoms with van der Waals surface area (Å²) in [5, 5.41) is 3.09. The normalized spacial score (nSPS) is 9.94. The van der Waals surface area contributed by atoms with E-state index in [9.17, 15) is 4.79 Å². The Kier molecular flexibility index (Phi) is 3.25. The van der Waals surface area contributed by atoms with E-state index in [1.54, 1.807) is 36.7 Å². The number of benzene rings is 1. The molecule has 17 heavy (non-hydrogen) atoms. The van der Waals surface area contributed by atoms with Crippen LogP contribution >= 0.6 is 11.6 Å². The molecule has 5 heteroatoms. The highest BCUT2D eigenvalue weighted by atomic mass is 35.5. The second-order valence-electron chi connectivity index (χ2n) is 3.43. The standard InChI is InChI=1S/C12H10ClN3O/c13-10-7-8(1-2-11(10)14)12(17)16-9-3-5-15-6-4-9/h1-7H,14H2,(H,15,16,17). The van der Waals surface area contributed by atoms with Gasteiger partial charge in [-0.2, -0.15) is 0 Å². The molecule has 0 bridgehead atoms. The zero-order valence-corrected chi connectivity index (χ0v) is 9.61. The monoisotopic (exact) mass is 247 g/mol. The topological polar surface area (TPSA) is 68.0 Å². The van der Waals surface area contributed by atoms with Gasteiger partial charge in [-0.05, 0) is 30.3 Å². The molecule has 1 heterocycles. The fourth-order valence-electron chi connectivity index (χ4n) is 1.31. The number of aromatic nitrogens is 1. The molecule has 0 atom stereocenters. The molecule has 1 amide bonds. The Morgan fingerprint density at radius 3 is 2.59 bits per heavy atom. The first kappa shape index (κ1) is 11.4. The van der Waals surface area contributed by atoms with Gasteiger partial charge < -0.3 is 11.1 Å². The Morgan fingerprint density at radius 1 is 1.24 bits per heavy atom. The van der Waals surface area contributed by atoms with Crippen LogP contribution in [0.25, 0.3) is 0 Å². The molecule has 3 N–H and O–H groups in total. The van der Waals surface area contributed by atoms with Crippen molar-refractivity contribution in [2.24, 2.45) is 0 Å². The summed E-state index contributed by atoms with van der Waals surface area (Å²) >= 11 is 5.85. The summed E-state index contributed by atoms with van der Waals surface area (Å²) in [6.07, 6.45) is 3.21. The van der Waals surface area contributed by atoms with Crippen LogP contribution < -0.4 is 11.1 Å². The summed E-state index contributed by atoms with van der Waals surface area (Å²) in [6, 6.07) is 8.17. The first-order valence-electron chi connectivity index (χ1n) is 4.93. The highest BCUT2D eigenvalue weighted by Crippen LogP contribution is 2.20. The van der Waals surface area contributed by atoms with Crippen molar-refractivity contribution in [3.05, 3.63) is 53.3 Å². The molecule has 2 rings (SSSR count). The number of carbonyl (C=O) groups excluding carboxylic acids is 1. The number of amides is 1. The van der Waals surface area contributed by atoms with Gasteiger partial charge in [0, 0.05) is 23.6 Å². The molecule has 0 saturated heterocycles. The van der Waals surface area contributed by atoms with Crippen molar-refractivity contribution in [3.8, 4) is 0 Å². The Balaban J connectivity index is 2.18. The minimum atomic E-state index is -0.238. The molecule has 0 aliphatic carbocycles. The zero-order valence-electron chi connectivity index (χ0n) is 8.85. The van der Waals surface area contributed by atoms with E-state index in [4.69, 9.17) is 17.3 Å². The highest BCUT2D eigenvalue weighted by molar-refractivity contribution is 6.33. The molecule has 0 unspecified atom stereocenters. The quantitative estimate of drug-likeness (QED) is 0.802. The highest BCUT2D eigenvalue weighted by Gasteiger charge is 2.07. The van der Waals surface area contributed by atoms with Gasteiger partial charge in [-0.3, -0.25) is 9.78 Å². The average Bonchev–Trinajstić information content (AvgIpc) is 2.34. The number of hydrogen-bond acceptors (Lipinski definition) is 3. The molecule has 1 aromatic carbocycles. The first-order valence-corrected chi connectivity index (χ1v) is 5.31. The van der Waals surface area contributed by atoms with E-state index in [-0.39, 0.29) is 5.91 Å². The van der Waals surface area contributed by atoms with Crippen molar-refractivity contribution < 1.29 is 4.79 Å². The fourth-order valence-corrected chi connectivity index (χ4v) is 1.49. The maximum absolute atomic E-state index is 11.8. The number of nitrogens with one attached hydrogen (secondary N) is 1. The first-order chi connectivity index (χ1) is 8.16. The Morgan fingerprint density at radius 2 is 1.94 bits per heavy atom. The lowest BCUT2D eigenvalue weighted by Gasteiger charge is -2.05. The van der Waals surface area contributed by atoms with Crippen LogP contribution in [0.5, 0.6) is 0 Å². The summed E-state index contributed by atoms with van der Waals surface area (Å²) in [6.45, 7) is 0. The Bertz CT molecular complexity index is 543. The van der Waals surface area contributed by atoms with Crippen LogP contribution in [0, 0.1) is 0 Å². The number of pyridine rings is 1. The van der Waals surface area contributed by atoms with Gasteiger partial charge in [0.05, 0.1) is 10.7 Å². The molecular weight excluding hydrogens is 238 g/mol. The molecule has 0 radical (unpaired) electrons. The van der Waals surface area contributed by atoms with Gasteiger partial charge in [0.25, 0.3) is 5.91 Å². The van der Waals surface area contributed by atoms with Gasteiger partial charge in [-0.25, -0.2) is 0 Å². The second kappa shape index (κ2) is 4.84. The summed E-state index contributed by atoms with van der Waals surface area (Å²) in [5.41, 5.74) is 7.16. The van der Waals surface area contributed by atoms with E-state index in [0.717, 1.165) is 0 Å². The summed E-state index contributed by atoms with van der Waals surface area (Å²) in [7, 11) is 0. The summed E-state index contributed by atoms with van der Waals surface area (Å²) in [4.78, 5) is 15.7. The van der Waals surface area contributed by atoms with Crippen molar-refractivity contribution in [3.63, 3.8) is 0 Å². The number of nitrogens with zero attached hydrogens (tertiary/aromatic N) is 1. The predicted molar refractivity (Wildman–Crippen MR) is 68.1 cm³/mol. The van der Waals surface area contributed by atoms with Crippen molar-refractivity contribution >= 4 is 28.9 Å². The third-order valence-corrected chi connectivity index (χ3v) is 2.53. The maximum atomic E-state index is 11.8. The van der Waals surface area contributed by atoms with Gasteiger partial charge in [0.15, 0.2) is 0 Å². The van der Waals surface area contributed by atoms with E-state index in [2.05, 4.69) is 10.3 Å². The lowest BCUT2D eigenvalue weighted by atomic mass is 10.2. The number of nitrogens with two attached hydrogens (primary N) is 1. The second-order valence-corrected chi connectivity index (χ2v) is 3.83. The maximum Gasteiger partial charge on any atom is 0.255 e. The minimum absolute atomic E-state index is 0.238. The molecule has 0 saturated carbocycles. The lowest BCUT2D eigenvalue weighted by Crippen LogP contribution is -2.11. The van der Waals surface area contributed by atoms with E-state index in [1.807, 2.05) is 0 Å². The van der Waals surface area contributed by atoms with Crippen molar-refractivity contribution in [1.82, 2.24) is 4.98 Å². The van der Waals surface area contributed by atoms with Crippen molar-refractivity contribution in [2.75, 3.05) is 11.1 Å². The number of nitrogen functional groups attached to an aromatic ring is 1. The summed E-state index contributed by atoms with van der Waals surface area (Å²) in [5.74, 6) is -0.238. The van der Waals surface area contributed by atoms with Crippen LogP contribution in [0.3, 0.4) is 0 Å². The number of anilines is 2. The van der Waals surface area contributed by atoms with Gasteiger partial charge in [0.2, 0.25) is 0 Å². The SMILES string of the molecule is Nc1ccc(C(=O)Nc2ccncc2)cc1Cl. The van der Waals surface area contributed by atoms with E-state index >= 15 is 0 Å².